The van der Waals surface area contributed by atoms with Crippen molar-refractivity contribution in [2.24, 2.45) is 0 Å². The van der Waals surface area contributed by atoms with Crippen LogP contribution in [0.2, 0.25) is 0 Å². The molecule has 0 saturated heterocycles. The Morgan fingerprint density at radius 1 is 1.17 bits per heavy atom. The fraction of sp³-hybridized carbons (Fsp3) is 0.462. The second-order valence-electron chi connectivity index (χ2n) is 4.52. The van der Waals surface area contributed by atoms with Crippen molar-refractivity contribution in [3.63, 3.8) is 0 Å². The molecule has 0 radical (unpaired) electrons. The Morgan fingerprint density at radius 3 is 2.50 bits per heavy atom. The minimum absolute atomic E-state index is 0.189. The smallest absolute Gasteiger partial charge is 0.341 e. The molecule has 0 atom stereocenters. The molecule has 0 bridgehead atoms. The SMILES string of the molecule is Nc1cc(F)c(C(=O)OC2CCCCC2)cc1F. The highest BCUT2D eigenvalue weighted by molar-refractivity contribution is 5.90. The molecule has 0 amide bonds. The van der Waals surface area contributed by atoms with Gasteiger partial charge in [-0.25, -0.2) is 13.6 Å². The molecule has 18 heavy (non-hydrogen) atoms. The monoisotopic (exact) mass is 255 g/mol. The highest BCUT2D eigenvalue weighted by Crippen LogP contribution is 2.23. The van der Waals surface area contributed by atoms with E-state index in [0.29, 0.717) is 0 Å². The molecule has 98 valence electrons. The van der Waals surface area contributed by atoms with Gasteiger partial charge in [-0.1, -0.05) is 6.42 Å². The summed E-state index contributed by atoms with van der Waals surface area (Å²) in [6, 6.07) is 1.59. The number of halogens is 2. The van der Waals surface area contributed by atoms with Gasteiger partial charge in [-0.15, -0.1) is 0 Å². The van der Waals surface area contributed by atoms with Gasteiger partial charge in [0.2, 0.25) is 0 Å². The Labute approximate surface area is 104 Å². The van der Waals surface area contributed by atoms with Gasteiger partial charge in [0.25, 0.3) is 0 Å². The molecule has 2 rings (SSSR count). The van der Waals surface area contributed by atoms with E-state index in [-0.39, 0.29) is 11.8 Å². The van der Waals surface area contributed by atoms with E-state index in [1.807, 2.05) is 0 Å². The van der Waals surface area contributed by atoms with Gasteiger partial charge in [0.15, 0.2) is 0 Å². The molecule has 0 aliphatic heterocycles. The Balaban J connectivity index is 2.10. The minimum Gasteiger partial charge on any atom is -0.459 e. The third-order valence-corrected chi connectivity index (χ3v) is 3.13. The van der Waals surface area contributed by atoms with Crippen LogP contribution in [0.15, 0.2) is 12.1 Å². The molecule has 0 heterocycles. The zero-order valence-electron chi connectivity index (χ0n) is 9.92. The van der Waals surface area contributed by atoms with Crippen molar-refractivity contribution in [2.75, 3.05) is 5.73 Å². The molecule has 3 nitrogen and oxygen atoms in total. The number of carbonyl (C=O) groups excluding carboxylic acids is 1. The molecule has 1 fully saturated rings. The van der Waals surface area contributed by atoms with Gasteiger partial charge in [0.1, 0.15) is 17.7 Å². The van der Waals surface area contributed by atoms with Crippen molar-refractivity contribution < 1.29 is 18.3 Å². The number of nitrogens with two attached hydrogens (primary N) is 1. The Kier molecular flexibility index (Phi) is 3.79. The first kappa shape index (κ1) is 12.8. The second kappa shape index (κ2) is 5.33. The molecule has 0 unspecified atom stereocenters. The molecule has 2 N–H and O–H groups in total. The minimum atomic E-state index is -0.852. The molecular weight excluding hydrogens is 240 g/mol. The van der Waals surface area contributed by atoms with Gasteiger partial charge in [-0.2, -0.15) is 0 Å². The number of ether oxygens (including phenoxy) is 1. The molecular formula is C13H15F2NO2. The maximum absolute atomic E-state index is 13.5. The van der Waals surface area contributed by atoms with Crippen LogP contribution in [-0.4, -0.2) is 12.1 Å². The quantitative estimate of drug-likeness (QED) is 0.652. The lowest BCUT2D eigenvalue weighted by molar-refractivity contribution is 0.0205. The lowest BCUT2D eigenvalue weighted by Crippen LogP contribution is -2.21. The molecule has 0 spiro atoms. The zero-order chi connectivity index (χ0) is 13.1. The number of nitrogen functional groups attached to an aromatic ring is 1. The van der Waals surface area contributed by atoms with Crippen LogP contribution in [0.1, 0.15) is 42.5 Å². The number of carbonyl (C=O) groups is 1. The second-order valence-corrected chi connectivity index (χ2v) is 4.52. The standard InChI is InChI=1S/C13H15F2NO2/c14-10-7-12(16)11(15)6-9(10)13(17)18-8-4-2-1-3-5-8/h6-8H,1-5,16H2. The average Bonchev–Trinajstić information content (AvgIpc) is 2.35. The fourth-order valence-electron chi connectivity index (χ4n) is 2.12. The van der Waals surface area contributed by atoms with Crippen molar-refractivity contribution in [2.45, 2.75) is 38.2 Å². The van der Waals surface area contributed by atoms with Crippen LogP contribution in [0.25, 0.3) is 0 Å². The van der Waals surface area contributed by atoms with E-state index in [1.54, 1.807) is 0 Å². The molecule has 1 aromatic rings. The van der Waals surface area contributed by atoms with Crippen molar-refractivity contribution in [1.29, 1.82) is 0 Å². The topological polar surface area (TPSA) is 52.3 Å². The predicted molar refractivity (Wildman–Crippen MR) is 63.1 cm³/mol. The maximum Gasteiger partial charge on any atom is 0.341 e. The zero-order valence-corrected chi connectivity index (χ0v) is 9.92. The first-order chi connectivity index (χ1) is 8.58. The molecule has 5 heteroatoms. The number of anilines is 1. The highest BCUT2D eigenvalue weighted by atomic mass is 19.1. The van der Waals surface area contributed by atoms with Gasteiger partial charge in [-0.3, -0.25) is 0 Å². The van der Waals surface area contributed by atoms with Crippen molar-refractivity contribution in [3.8, 4) is 0 Å². The van der Waals surface area contributed by atoms with Crippen LogP contribution in [0, 0.1) is 11.6 Å². The van der Waals surface area contributed by atoms with Crippen LogP contribution in [0.4, 0.5) is 14.5 Å². The van der Waals surface area contributed by atoms with Crippen LogP contribution >= 0.6 is 0 Å². The highest BCUT2D eigenvalue weighted by Gasteiger charge is 2.22. The number of hydrogen-bond acceptors (Lipinski definition) is 3. The number of rotatable bonds is 2. The van der Waals surface area contributed by atoms with E-state index in [1.165, 1.54) is 0 Å². The maximum atomic E-state index is 13.5. The van der Waals surface area contributed by atoms with E-state index in [9.17, 15) is 13.6 Å². The summed E-state index contributed by atoms with van der Waals surface area (Å²) in [6.45, 7) is 0. The third kappa shape index (κ3) is 2.78. The van der Waals surface area contributed by atoms with Gasteiger partial charge < -0.3 is 10.5 Å². The molecule has 0 aromatic heterocycles. The normalized spacial score (nSPS) is 16.6. The van der Waals surface area contributed by atoms with E-state index in [2.05, 4.69) is 0 Å². The first-order valence-corrected chi connectivity index (χ1v) is 6.03. The summed E-state index contributed by atoms with van der Waals surface area (Å²) < 4.78 is 31.9. The lowest BCUT2D eigenvalue weighted by Gasteiger charge is -2.21. The van der Waals surface area contributed by atoms with Crippen molar-refractivity contribution >= 4 is 11.7 Å². The third-order valence-electron chi connectivity index (χ3n) is 3.13. The summed E-state index contributed by atoms with van der Waals surface area (Å²) in [5.74, 6) is -2.49. The van der Waals surface area contributed by atoms with Crippen LogP contribution in [0.3, 0.4) is 0 Å². The Hall–Kier alpha value is -1.65. The van der Waals surface area contributed by atoms with E-state index in [4.69, 9.17) is 10.5 Å². The largest absolute Gasteiger partial charge is 0.459 e. The van der Waals surface area contributed by atoms with Crippen LogP contribution in [-0.2, 0) is 4.74 Å². The Morgan fingerprint density at radius 2 is 1.83 bits per heavy atom. The summed E-state index contributed by atoms with van der Waals surface area (Å²) in [4.78, 5) is 11.7. The van der Waals surface area contributed by atoms with Gasteiger partial charge >= 0.3 is 5.97 Å². The summed E-state index contributed by atoms with van der Waals surface area (Å²) in [6.07, 6.45) is 4.49. The van der Waals surface area contributed by atoms with Crippen molar-refractivity contribution in [3.05, 3.63) is 29.3 Å². The average molecular weight is 255 g/mol. The number of benzene rings is 1. The molecule has 1 aliphatic rings. The van der Waals surface area contributed by atoms with Crippen LogP contribution in [0.5, 0.6) is 0 Å². The molecule has 1 aliphatic carbocycles. The van der Waals surface area contributed by atoms with E-state index >= 15 is 0 Å². The van der Waals surface area contributed by atoms with Crippen LogP contribution < -0.4 is 5.73 Å². The Bertz CT molecular complexity index is 457. The summed E-state index contributed by atoms with van der Waals surface area (Å²) in [5.41, 5.74) is 4.49. The summed E-state index contributed by atoms with van der Waals surface area (Å²) in [5, 5.41) is 0. The number of esters is 1. The lowest BCUT2D eigenvalue weighted by atomic mass is 9.98. The summed E-state index contributed by atoms with van der Waals surface area (Å²) >= 11 is 0. The van der Waals surface area contributed by atoms with E-state index < -0.39 is 23.2 Å². The van der Waals surface area contributed by atoms with Gasteiger partial charge in [-0.05, 0) is 31.7 Å². The predicted octanol–water partition coefficient (Wildman–Crippen LogP) is 3.04. The summed E-state index contributed by atoms with van der Waals surface area (Å²) in [7, 11) is 0. The molecule has 1 aromatic carbocycles. The van der Waals surface area contributed by atoms with Crippen molar-refractivity contribution in [1.82, 2.24) is 0 Å². The van der Waals surface area contributed by atoms with Gasteiger partial charge in [0, 0.05) is 6.07 Å². The first-order valence-electron chi connectivity index (χ1n) is 6.03. The number of hydrogen-bond donors (Lipinski definition) is 1. The fourth-order valence-corrected chi connectivity index (χ4v) is 2.12. The molecule has 1 saturated carbocycles. The van der Waals surface area contributed by atoms with E-state index in [0.717, 1.165) is 44.2 Å². The van der Waals surface area contributed by atoms with Gasteiger partial charge in [0.05, 0.1) is 11.3 Å².